The van der Waals surface area contributed by atoms with E-state index in [0.717, 1.165) is 38.9 Å². The lowest BCUT2D eigenvalue weighted by Gasteiger charge is -2.13. The van der Waals surface area contributed by atoms with Crippen molar-refractivity contribution in [2.24, 2.45) is 0 Å². The molecule has 0 radical (unpaired) electrons. The van der Waals surface area contributed by atoms with E-state index in [1.165, 1.54) is 6.07 Å². The van der Waals surface area contributed by atoms with Gasteiger partial charge in [0.25, 0.3) is 17.5 Å². The Kier molecular flexibility index (Phi) is 5.63. The number of carbonyl (C=O) groups excluding carboxylic acids is 3. The SMILES string of the molecule is O=C(CN1C(=O)c2ccc([N+](=O)[O-])cc2C1=O)Nc1ccc(-c2csc(-c3ccccc3)n2)cc1. The maximum Gasteiger partial charge on any atom is 0.270 e. The van der Waals surface area contributed by atoms with Gasteiger partial charge in [0.05, 0.1) is 21.7 Å². The highest BCUT2D eigenvalue weighted by Crippen LogP contribution is 2.30. The van der Waals surface area contributed by atoms with Gasteiger partial charge in [-0.1, -0.05) is 42.5 Å². The van der Waals surface area contributed by atoms with Crippen LogP contribution in [0.1, 0.15) is 20.7 Å². The van der Waals surface area contributed by atoms with Gasteiger partial charge in [0.2, 0.25) is 5.91 Å². The van der Waals surface area contributed by atoms with E-state index in [-0.39, 0.29) is 16.8 Å². The van der Waals surface area contributed by atoms with E-state index in [9.17, 15) is 24.5 Å². The minimum Gasteiger partial charge on any atom is -0.325 e. The van der Waals surface area contributed by atoms with E-state index in [1.807, 2.05) is 47.8 Å². The van der Waals surface area contributed by atoms with Gasteiger partial charge in [-0.15, -0.1) is 11.3 Å². The summed E-state index contributed by atoms with van der Waals surface area (Å²) >= 11 is 1.54. The number of fused-ring (bicyclic) bond motifs is 1. The van der Waals surface area contributed by atoms with Crippen LogP contribution in [-0.2, 0) is 4.79 Å². The van der Waals surface area contributed by atoms with Crippen LogP contribution >= 0.6 is 11.3 Å². The standard InChI is InChI=1S/C25H16N4O5S/c30-22(13-28-24(31)19-11-10-18(29(33)34)12-20(19)25(28)32)26-17-8-6-15(7-9-17)21-14-35-23(27-21)16-4-2-1-3-5-16/h1-12,14H,13H2,(H,26,30). The number of hydrogen-bond donors (Lipinski definition) is 1. The van der Waals surface area contributed by atoms with Crippen LogP contribution in [0.25, 0.3) is 21.8 Å². The molecule has 5 rings (SSSR count). The minimum absolute atomic E-state index is 0.0379. The molecule has 0 saturated heterocycles. The smallest absolute Gasteiger partial charge is 0.270 e. The molecule has 9 nitrogen and oxygen atoms in total. The van der Waals surface area contributed by atoms with Crippen LogP contribution in [0.2, 0.25) is 0 Å². The van der Waals surface area contributed by atoms with Crippen molar-refractivity contribution in [2.45, 2.75) is 0 Å². The summed E-state index contributed by atoms with van der Waals surface area (Å²) < 4.78 is 0. The molecule has 172 valence electrons. The van der Waals surface area contributed by atoms with Crippen molar-refractivity contribution in [3.05, 3.63) is 99.4 Å². The van der Waals surface area contributed by atoms with Gasteiger partial charge in [-0.2, -0.15) is 0 Å². The molecule has 1 aromatic heterocycles. The van der Waals surface area contributed by atoms with Crippen LogP contribution in [0.4, 0.5) is 11.4 Å². The number of hydrogen-bond acceptors (Lipinski definition) is 7. The van der Waals surface area contributed by atoms with Crippen LogP contribution in [0.3, 0.4) is 0 Å². The third kappa shape index (κ3) is 4.30. The number of non-ortho nitro benzene ring substituents is 1. The highest BCUT2D eigenvalue weighted by molar-refractivity contribution is 7.13. The lowest BCUT2D eigenvalue weighted by atomic mass is 10.1. The Morgan fingerprint density at radius 1 is 0.943 bits per heavy atom. The van der Waals surface area contributed by atoms with Gasteiger partial charge in [0.1, 0.15) is 11.6 Å². The predicted octanol–water partition coefficient (Wildman–Crippen LogP) is 4.62. The predicted molar refractivity (Wildman–Crippen MR) is 130 cm³/mol. The van der Waals surface area contributed by atoms with Gasteiger partial charge in [0, 0.05) is 34.3 Å². The topological polar surface area (TPSA) is 123 Å². The van der Waals surface area contributed by atoms with Gasteiger partial charge in [0.15, 0.2) is 0 Å². The van der Waals surface area contributed by atoms with Crippen LogP contribution in [0.5, 0.6) is 0 Å². The summed E-state index contributed by atoms with van der Waals surface area (Å²) in [5.74, 6) is -1.97. The van der Waals surface area contributed by atoms with Crippen molar-refractivity contribution >= 4 is 40.4 Å². The summed E-state index contributed by atoms with van der Waals surface area (Å²) in [6.45, 7) is -0.506. The average molecular weight is 484 g/mol. The lowest BCUT2D eigenvalue weighted by Crippen LogP contribution is -2.37. The number of benzene rings is 3. The molecule has 0 bridgehead atoms. The maximum absolute atomic E-state index is 12.6. The first-order chi connectivity index (χ1) is 16.9. The normalized spacial score (nSPS) is 12.5. The van der Waals surface area contributed by atoms with Crippen LogP contribution in [-0.4, -0.2) is 39.1 Å². The molecule has 35 heavy (non-hydrogen) atoms. The number of carbonyl (C=O) groups is 3. The molecule has 4 aromatic rings. The van der Waals surface area contributed by atoms with Crippen molar-refractivity contribution in [1.29, 1.82) is 0 Å². The molecular formula is C25H16N4O5S. The van der Waals surface area contributed by atoms with Gasteiger partial charge >= 0.3 is 0 Å². The quantitative estimate of drug-likeness (QED) is 0.242. The monoisotopic (exact) mass is 484 g/mol. The molecule has 0 spiro atoms. The molecule has 1 aliphatic heterocycles. The van der Waals surface area contributed by atoms with Crippen LogP contribution in [0.15, 0.2) is 78.2 Å². The van der Waals surface area contributed by atoms with Gasteiger partial charge < -0.3 is 5.32 Å². The third-order valence-corrected chi connectivity index (χ3v) is 6.35. The first-order valence-electron chi connectivity index (χ1n) is 10.5. The Labute approximate surface area is 202 Å². The second-order valence-electron chi connectivity index (χ2n) is 7.71. The number of nitro groups is 1. The Hall–Kier alpha value is -4.70. The van der Waals surface area contributed by atoms with E-state index < -0.39 is 29.2 Å². The number of amides is 3. The number of aromatic nitrogens is 1. The summed E-state index contributed by atoms with van der Waals surface area (Å²) in [4.78, 5) is 53.4. The fourth-order valence-electron chi connectivity index (χ4n) is 3.72. The fraction of sp³-hybridized carbons (Fsp3) is 0.0400. The zero-order valence-corrected chi connectivity index (χ0v) is 18.8. The Balaban J connectivity index is 1.25. The number of imide groups is 1. The molecule has 1 N–H and O–H groups in total. The summed E-state index contributed by atoms with van der Waals surface area (Å²) in [5, 5.41) is 16.5. The van der Waals surface area contributed by atoms with Gasteiger partial charge in [-0.3, -0.25) is 29.4 Å². The molecule has 0 unspecified atom stereocenters. The molecule has 0 aliphatic carbocycles. The Morgan fingerprint density at radius 3 is 2.37 bits per heavy atom. The Bertz CT molecular complexity index is 1480. The molecule has 3 amide bonds. The van der Waals surface area contributed by atoms with Gasteiger partial charge in [-0.05, 0) is 18.2 Å². The van der Waals surface area contributed by atoms with E-state index in [4.69, 9.17) is 0 Å². The molecule has 0 atom stereocenters. The second kappa shape index (κ2) is 8.92. The molecule has 0 saturated carbocycles. The number of rotatable bonds is 6. The third-order valence-electron chi connectivity index (χ3n) is 5.46. The summed E-state index contributed by atoms with van der Waals surface area (Å²) in [7, 11) is 0. The maximum atomic E-state index is 12.6. The number of nitrogens with one attached hydrogen (secondary N) is 1. The largest absolute Gasteiger partial charge is 0.325 e. The first kappa shape index (κ1) is 22.1. The molecule has 10 heteroatoms. The number of thiazole rings is 1. The second-order valence-corrected chi connectivity index (χ2v) is 8.57. The van der Waals surface area contributed by atoms with Crippen LogP contribution in [0, 0.1) is 10.1 Å². The molecule has 3 aromatic carbocycles. The van der Waals surface area contributed by atoms with Crippen LogP contribution < -0.4 is 5.32 Å². The molecule has 1 aliphatic rings. The zero-order chi connectivity index (χ0) is 24.5. The molecule has 2 heterocycles. The number of nitrogens with zero attached hydrogens (tertiary/aromatic N) is 3. The van der Waals surface area contributed by atoms with Crippen molar-refractivity contribution in [2.75, 3.05) is 11.9 Å². The van der Waals surface area contributed by atoms with Crippen molar-refractivity contribution in [3.63, 3.8) is 0 Å². The number of nitro benzene ring substituents is 1. The van der Waals surface area contributed by atoms with E-state index in [0.29, 0.717) is 5.69 Å². The van der Waals surface area contributed by atoms with E-state index >= 15 is 0 Å². The van der Waals surface area contributed by atoms with E-state index in [2.05, 4.69) is 10.3 Å². The van der Waals surface area contributed by atoms with Gasteiger partial charge in [-0.25, -0.2) is 4.98 Å². The highest BCUT2D eigenvalue weighted by atomic mass is 32.1. The molecular weight excluding hydrogens is 468 g/mol. The van der Waals surface area contributed by atoms with Crippen molar-refractivity contribution in [1.82, 2.24) is 9.88 Å². The number of anilines is 1. The van der Waals surface area contributed by atoms with Crippen molar-refractivity contribution in [3.8, 4) is 21.8 Å². The fourth-order valence-corrected chi connectivity index (χ4v) is 4.56. The molecule has 0 fully saturated rings. The lowest BCUT2D eigenvalue weighted by molar-refractivity contribution is -0.384. The zero-order valence-electron chi connectivity index (χ0n) is 18.0. The highest BCUT2D eigenvalue weighted by Gasteiger charge is 2.37. The minimum atomic E-state index is -0.739. The summed E-state index contributed by atoms with van der Waals surface area (Å²) in [5.41, 5.74) is 2.87. The van der Waals surface area contributed by atoms with E-state index in [1.54, 1.807) is 23.5 Å². The van der Waals surface area contributed by atoms with Crippen molar-refractivity contribution < 1.29 is 19.3 Å². The first-order valence-corrected chi connectivity index (χ1v) is 11.3. The summed E-state index contributed by atoms with van der Waals surface area (Å²) in [6.07, 6.45) is 0. The summed E-state index contributed by atoms with van der Waals surface area (Å²) in [6, 6.07) is 20.3. The Morgan fingerprint density at radius 2 is 1.66 bits per heavy atom. The average Bonchev–Trinajstić information content (AvgIpc) is 3.45.